The molecule has 0 aliphatic heterocycles. The Morgan fingerprint density at radius 2 is 2.00 bits per heavy atom. The number of halogens is 1. The van der Waals surface area contributed by atoms with Gasteiger partial charge in [-0.25, -0.2) is 9.78 Å². The number of aromatic nitrogens is 2. The van der Waals surface area contributed by atoms with E-state index in [1.165, 1.54) is 24.4 Å². The highest BCUT2D eigenvalue weighted by Gasteiger charge is 2.15. The highest BCUT2D eigenvalue weighted by atomic mass is 35.5. The second-order valence-electron chi connectivity index (χ2n) is 4.85. The molecule has 0 atom stereocenters. The van der Waals surface area contributed by atoms with Crippen LogP contribution in [0.4, 0.5) is 5.69 Å². The first-order chi connectivity index (χ1) is 11.9. The minimum atomic E-state index is -1.16. The Morgan fingerprint density at radius 1 is 1.32 bits per heavy atom. The summed E-state index contributed by atoms with van der Waals surface area (Å²) in [6.45, 7) is 0. The van der Waals surface area contributed by atoms with E-state index < -0.39 is 16.5 Å². The topological polar surface area (TPSA) is 115 Å². The second-order valence-corrected chi connectivity index (χ2v) is 6.24. The van der Waals surface area contributed by atoms with Crippen LogP contribution in [0.1, 0.15) is 20.9 Å². The first-order valence-corrected chi connectivity index (χ1v) is 7.94. The molecule has 0 saturated heterocycles. The van der Waals surface area contributed by atoms with Crippen LogP contribution in [0.25, 0.3) is 17.1 Å². The van der Waals surface area contributed by atoms with Gasteiger partial charge in [-0.15, -0.1) is 0 Å². The largest absolute Gasteiger partial charge is 0.477 e. The molecule has 0 fully saturated rings. The van der Waals surface area contributed by atoms with Crippen molar-refractivity contribution in [3.05, 3.63) is 72.1 Å². The number of nitro groups is 1. The fraction of sp³-hybridized carbons (Fsp3) is 0. The van der Waals surface area contributed by atoms with Crippen molar-refractivity contribution >= 4 is 51.7 Å². The fourth-order valence-electron chi connectivity index (χ4n) is 2.03. The van der Waals surface area contributed by atoms with Gasteiger partial charge in [0, 0.05) is 18.3 Å². The number of carboxylic acid groups (broad SMARTS) is 1. The van der Waals surface area contributed by atoms with Crippen molar-refractivity contribution in [1.82, 2.24) is 9.38 Å². The van der Waals surface area contributed by atoms with E-state index in [4.69, 9.17) is 16.7 Å². The Labute approximate surface area is 148 Å². The number of fused-ring (bicyclic) bond motifs is 1. The molecule has 10 heteroatoms. The molecule has 0 saturated carbocycles. The molecule has 0 bridgehead atoms. The Hall–Kier alpha value is -3.04. The average Bonchev–Trinajstić information content (AvgIpc) is 3.02. The second kappa shape index (κ2) is 6.46. The van der Waals surface area contributed by atoms with E-state index in [-0.39, 0.29) is 26.2 Å². The zero-order chi connectivity index (χ0) is 18.1. The third-order valence-corrected chi connectivity index (χ3v) is 4.58. The van der Waals surface area contributed by atoms with Crippen LogP contribution < -0.4 is 5.56 Å². The van der Waals surface area contributed by atoms with E-state index in [1.54, 1.807) is 18.2 Å². The van der Waals surface area contributed by atoms with Crippen LogP contribution in [0.5, 0.6) is 0 Å². The molecule has 3 rings (SSSR count). The number of carboxylic acids is 1. The molecule has 2 aromatic heterocycles. The van der Waals surface area contributed by atoms with Crippen LogP contribution in [-0.2, 0) is 0 Å². The quantitative estimate of drug-likeness (QED) is 0.551. The maximum Gasteiger partial charge on any atom is 0.347 e. The Morgan fingerprint density at radius 3 is 2.60 bits per heavy atom. The SMILES string of the molecule is O=C(O)c1cn2c(=O)c(Cl)c(C=Cc3ccc([N+](=O)[O-])cc3)nc2s1. The molecule has 8 nitrogen and oxygen atoms in total. The van der Waals surface area contributed by atoms with Gasteiger partial charge >= 0.3 is 5.97 Å². The number of nitrogens with zero attached hydrogens (tertiary/aromatic N) is 3. The van der Waals surface area contributed by atoms with Gasteiger partial charge in [0.05, 0.1) is 10.6 Å². The van der Waals surface area contributed by atoms with Crippen LogP contribution in [-0.4, -0.2) is 25.4 Å². The zero-order valence-electron chi connectivity index (χ0n) is 12.2. The predicted molar refractivity (Wildman–Crippen MR) is 93.3 cm³/mol. The lowest BCUT2D eigenvalue weighted by atomic mass is 10.2. The molecular weight excluding hydrogens is 370 g/mol. The van der Waals surface area contributed by atoms with E-state index in [0.717, 1.165) is 15.7 Å². The van der Waals surface area contributed by atoms with Crippen molar-refractivity contribution in [2.45, 2.75) is 0 Å². The molecule has 1 N–H and O–H groups in total. The minimum absolute atomic E-state index is 0.0304. The number of rotatable bonds is 4. The third kappa shape index (κ3) is 3.28. The number of non-ortho nitro benzene ring substituents is 1. The van der Waals surface area contributed by atoms with E-state index in [2.05, 4.69) is 4.98 Å². The molecule has 2 heterocycles. The van der Waals surface area contributed by atoms with Crippen LogP contribution in [0.15, 0.2) is 35.3 Å². The summed E-state index contributed by atoms with van der Waals surface area (Å²) in [6, 6.07) is 5.79. The molecule has 1 aromatic carbocycles. The average molecular weight is 378 g/mol. The molecule has 0 radical (unpaired) electrons. The smallest absolute Gasteiger partial charge is 0.347 e. The standard InChI is InChI=1S/C15H8ClN3O5S/c16-12-10(6-3-8-1-4-9(5-2-8)19(23)24)17-15-18(13(12)20)7-11(25-15)14(21)22/h1-7H,(H,21,22). The van der Waals surface area contributed by atoms with Gasteiger partial charge in [0.15, 0.2) is 4.96 Å². The molecule has 0 aliphatic carbocycles. The molecule has 0 spiro atoms. The first-order valence-electron chi connectivity index (χ1n) is 6.74. The first kappa shape index (κ1) is 16.8. The number of aromatic carboxylic acids is 1. The van der Waals surface area contributed by atoms with E-state index in [9.17, 15) is 19.7 Å². The number of nitro benzene ring substituents is 1. The van der Waals surface area contributed by atoms with Gasteiger partial charge in [-0.1, -0.05) is 29.0 Å². The summed E-state index contributed by atoms with van der Waals surface area (Å²) in [7, 11) is 0. The third-order valence-electron chi connectivity index (χ3n) is 3.25. The Kier molecular flexibility index (Phi) is 4.34. The number of hydrogen-bond acceptors (Lipinski definition) is 6. The normalized spacial score (nSPS) is 11.2. The highest BCUT2D eigenvalue weighted by Crippen LogP contribution is 2.20. The maximum absolute atomic E-state index is 12.2. The lowest BCUT2D eigenvalue weighted by molar-refractivity contribution is -0.384. The summed E-state index contributed by atoms with van der Waals surface area (Å²) >= 11 is 6.87. The Balaban J connectivity index is 2.00. The van der Waals surface area contributed by atoms with Gasteiger partial charge < -0.3 is 5.11 Å². The van der Waals surface area contributed by atoms with Gasteiger partial charge in [-0.3, -0.25) is 19.3 Å². The van der Waals surface area contributed by atoms with Crippen molar-refractivity contribution in [3.63, 3.8) is 0 Å². The van der Waals surface area contributed by atoms with Gasteiger partial charge in [-0.05, 0) is 23.8 Å². The highest BCUT2D eigenvalue weighted by molar-refractivity contribution is 7.18. The summed E-state index contributed by atoms with van der Waals surface area (Å²) < 4.78 is 1.08. The summed E-state index contributed by atoms with van der Waals surface area (Å²) in [6.07, 6.45) is 4.26. The fourth-order valence-corrected chi connectivity index (χ4v) is 3.04. The van der Waals surface area contributed by atoms with Gasteiger partial charge in [0.1, 0.15) is 9.90 Å². The van der Waals surface area contributed by atoms with Crippen molar-refractivity contribution in [3.8, 4) is 0 Å². The zero-order valence-corrected chi connectivity index (χ0v) is 13.8. The molecule has 126 valence electrons. The van der Waals surface area contributed by atoms with Crippen LogP contribution in [0.3, 0.4) is 0 Å². The number of thiazole rings is 1. The molecule has 0 aliphatic rings. The van der Waals surface area contributed by atoms with E-state index in [0.29, 0.717) is 5.56 Å². The van der Waals surface area contributed by atoms with E-state index >= 15 is 0 Å². The van der Waals surface area contributed by atoms with Crippen LogP contribution >= 0.6 is 22.9 Å². The Bertz CT molecular complexity index is 1080. The van der Waals surface area contributed by atoms with Crippen molar-refractivity contribution < 1.29 is 14.8 Å². The molecular formula is C15H8ClN3O5S. The molecule has 3 aromatic rings. The number of carbonyl (C=O) groups is 1. The lowest BCUT2D eigenvalue weighted by Crippen LogP contribution is -2.14. The molecule has 0 unspecified atom stereocenters. The number of hydrogen-bond donors (Lipinski definition) is 1. The lowest BCUT2D eigenvalue weighted by Gasteiger charge is -1.99. The maximum atomic E-state index is 12.2. The minimum Gasteiger partial charge on any atom is -0.477 e. The van der Waals surface area contributed by atoms with Gasteiger partial charge in [0.2, 0.25) is 0 Å². The summed E-state index contributed by atoms with van der Waals surface area (Å²) in [4.78, 5) is 37.7. The summed E-state index contributed by atoms with van der Waals surface area (Å²) in [5, 5.41) is 19.5. The summed E-state index contributed by atoms with van der Waals surface area (Å²) in [5.74, 6) is -1.16. The predicted octanol–water partition coefficient (Wildman–Crippen LogP) is 3.19. The van der Waals surface area contributed by atoms with Crippen molar-refractivity contribution in [2.24, 2.45) is 0 Å². The summed E-state index contributed by atoms with van der Waals surface area (Å²) in [5.41, 5.74) is 0.233. The van der Waals surface area contributed by atoms with Gasteiger partial charge in [-0.2, -0.15) is 0 Å². The van der Waals surface area contributed by atoms with Crippen molar-refractivity contribution in [1.29, 1.82) is 0 Å². The van der Waals surface area contributed by atoms with Crippen LogP contribution in [0, 0.1) is 10.1 Å². The molecule has 25 heavy (non-hydrogen) atoms. The number of benzene rings is 1. The van der Waals surface area contributed by atoms with Gasteiger partial charge in [0.25, 0.3) is 11.2 Å². The van der Waals surface area contributed by atoms with Crippen LogP contribution in [0.2, 0.25) is 5.02 Å². The van der Waals surface area contributed by atoms with Crippen molar-refractivity contribution in [2.75, 3.05) is 0 Å². The molecule has 0 amide bonds. The van der Waals surface area contributed by atoms with E-state index in [1.807, 2.05) is 0 Å². The monoisotopic (exact) mass is 377 g/mol.